The molecule has 1 aromatic heterocycles. The van der Waals surface area contributed by atoms with Crippen molar-refractivity contribution in [1.29, 1.82) is 0 Å². The molecular formula is C15H20ClN5O2. The summed E-state index contributed by atoms with van der Waals surface area (Å²) in [5, 5.41) is 15.3. The molecule has 0 atom stereocenters. The smallest absolute Gasteiger partial charge is 0.243 e. The molecule has 1 amide bonds. The molecule has 1 N–H and O–H groups in total. The first kappa shape index (κ1) is 17.4. The highest BCUT2D eigenvalue weighted by Gasteiger charge is 2.11. The Morgan fingerprint density at radius 2 is 2.17 bits per heavy atom. The minimum absolute atomic E-state index is 0.0164. The molecule has 2 rings (SSSR count). The van der Waals surface area contributed by atoms with E-state index in [0.29, 0.717) is 29.6 Å². The second kappa shape index (κ2) is 8.59. The third-order valence-corrected chi connectivity index (χ3v) is 3.28. The first-order valence-corrected chi connectivity index (χ1v) is 7.85. The van der Waals surface area contributed by atoms with Gasteiger partial charge in [-0.25, -0.2) is 0 Å². The Kier molecular flexibility index (Phi) is 6.49. The fraction of sp³-hybridized carbons (Fsp3) is 0.467. The Bertz CT molecular complexity index is 644. The Balaban J connectivity index is 1.80. The van der Waals surface area contributed by atoms with Crippen LogP contribution in [0.15, 0.2) is 24.3 Å². The Labute approximate surface area is 140 Å². The van der Waals surface area contributed by atoms with Crippen LogP contribution in [0.3, 0.4) is 0 Å². The van der Waals surface area contributed by atoms with Gasteiger partial charge in [-0.3, -0.25) is 4.79 Å². The predicted octanol–water partition coefficient (Wildman–Crippen LogP) is 1.92. The van der Waals surface area contributed by atoms with Gasteiger partial charge in [-0.05, 0) is 37.6 Å². The summed E-state index contributed by atoms with van der Waals surface area (Å²) in [5.74, 6) is 0.228. The average molecular weight is 338 g/mol. The molecule has 0 fully saturated rings. The minimum Gasteiger partial charge on any atom is -0.379 e. The molecule has 0 aliphatic heterocycles. The first-order valence-electron chi connectivity index (χ1n) is 7.47. The summed E-state index contributed by atoms with van der Waals surface area (Å²) in [4.78, 5) is 13.1. The first-order chi connectivity index (χ1) is 11.1. The van der Waals surface area contributed by atoms with Crippen molar-refractivity contribution < 1.29 is 9.53 Å². The van der Waals surface area contributed by atoms with Crippen molar-refractivity contribution in [3.05, 3.63) is 29.3 Å². The maximum atomic E-state index is 11.8. The molecule has 2 aromatic rings. The summed E-state index contributed by atoms with van der Waals surface area (Å²) in [7, 11) is 0. The minimum atomic E-state index is -0.169. The van der Waals surface area contributed by atoms with Gasteiger partial charge in [0.05, 0.1) is 11.1 Å². The monoisotopic (exact) mass is 337 g/mol. The van der Waals surface area contributed by atoms with Crippen molar-refractivity contribution in [2.75, 3.05) is 13.2 Å². The van der Waals surface area contributed by atoms with E-state index in [4.69, 9.17) is 16.3 Å². The molecule has 7 nitrogen and oxygen atoms in total. The van der Waals surface area contributed by atoms with E-state index in [1.807, 2.05) is 26.0 Å². The van der Waals surface area contributed by atoms with Gasteiger partial charge < -0.3 is 10.1 Å². The molecule has 0 spiro atoms. The quantitative estimate of drug-likeness (QED) is 0.744. The van der Waals surface area contributed by atoms with Crippen LogP contribution in [-0.2, 0) is 16.1 Å². The number of rotatable bonds is 8. The number of hydrogen-bond acceptors (Lipinski definition) is 5. The number of tetrazole rings is 1. The molecule has 1 heterocycles. The molecule has 1 aromatic carbocycles. The van der Waals surface area contributed by atoms with E-state index in [-0.39, 0.29) is 18.6 Å². The highest BCUT2D eigenvalue weighted by Crippen LogP contribution is 2.23. The molecule has 0 radical (unpaired) electrons. The normalized spacial score (nSPS) is 11.0. The van der Waals surface area contributed by atoms with Crippen LogP contribution in [0, 0.1) is 0 Å². The molecule has 0 saturated carbocycles. The zero-order chi connectivity index (χ0) is 16.7. The van der Waals surface area contributed by atoms with E-state index in [9.17, 15) is 4.79 Å². The maximum Gasteiger partial charge on any atom is 0.243 e. The number of aromatic nitrogens is 4. The van der Waals surface area contributed by atoms with Crippen LogP contribution in [0.5, 0.6) is 0 Å². The van der Waals surface area contributed by atoms with Crippen molar-refractivity contribution in [2.24, 2.45) is 0 Å². The zero-order valence-corrected chi connectivity index (χ0v) is 14.0. The van der Waals surface area contributed by atoms with Gasteiger partial charge in [0.25, 0.3) is 0 Å². The van der Waals surface area contributed by atoms with Gasteiger partial charge in [-0.2, -0.15) is 4.80 Å². The summed E-state index contributed by atoms with van der Waals surface area (Å²) in [6.07, 6.45) is 0.966. The Morgan fingerprint density at radius 3 is 2.91 bits per heavy atom. The van der Waals surface area contributed by atoms with Crippen molar-refractivity contribution in [3.63, 3.8) is 0 Å². The van der Waals surface area contributed by atoms with E-state index >= 15 is 0 Å². The van der Waals surface area contributed by atoms with Gasteiger partial charge in [0, 0.05) is 18.7 Å². The summed E-state index contributed by atoms with van der Waals surface area (Å²) >= 11 is 6.09. The topological polar surface area (TPSA) is 81.9 Å². The number of hydrogen-bond donors (Lipinski definition) is 1. The molecule has 23 heavy (non-hydrogen) atoms. The Morgan fingerprint density at radius 1 is 1.39 bits per heavy atom. The standard InChI is InChI=1S/C15H20ClN5O2/c1-11(2)23-9-5-8-17-14(22)10-21-19-15(18-20-21)12-6-3-4-7-13(12)16/h3-4,6-7,11H,5,8-10H2,1-2H3,(H,17,22). The molecule has 8 heteroatoms. The number of nitrogens with one attached hydrogen (secondary N) is 1. The van der Waals surface area contributed by atoms with E-state index in [2.05, 4.69) is 20.7 Å². The molecule has 124 valence electrons. The number of amides is 1. The lowest BCUT2D eigenvalue weighted by Gasteiger charge is -2.07. The maximum absolute atomic E-state index is 11.8. The van der Waals surface area contributed by atoms with Crippen LogP contribution in [-0.4, -0.2) is 45.4 Å². The van der Waals surface area contributed by atoms with Gasteiger partial charge in [0.1, 0.15) is 6.54 Å². The number of halogens is 1. The predicted molar refractivity (Wildman–Crippen MR) is 87.0 cm³/mol. The second-order valence-corrected chi connectivity index (χ2v) is 5.65. The summed E-state index contributed by atoms with van der Waals surface area (Å²) in [6.45, 7) is 5.15. The number of ether oxygens (including phenoxy) is 1. The SMILES string of the molecule is CC(C)OCCCNC(=O)Cn1nnc(-c2ccccc2Cl)n1. The fourth-order valence-corrected chi connectivity index (χ4v) is 2.08. The molecule has 0 unspecified atom stereocenters. The van der Waals surface area contributed by atoms with Crippen molar-refractivity contribution in [1.82, 2.24) is 25.5 Å². The zero-order valence-electron chi connectivity index (χ0n) is 13.2. The van der Waals surface area contributed by atoms with Crippen LogP contribution in [0.2, 0.25) is 5.02 Å². The van der Waals surface area contributed by atoms with E-state index < -0.39 is 0 Å². The fourth-order valence-electron chi connectivity index (χ4n) is 1.86. The van der Waals surface area contributed by atoms with E-state index in [1.54, 1.807) is 12.1 Å². The summed E-state index contributed by atoms with van der Waals surface area (Å²) in [5.41, 5.74) is 0.687. The molecule has 0 saturated heterocycles. The lowest BCUT2D eigenvalue weighted by molar-refractivity contribution is -0.122. The van der Waals surface area contributed by atoms with Gasteiger partial charge >= 0.3 is 0 Å². The summed E-state index contributed by atoms with van der Waals surface area (Å²) < 4.78 is 5.40. The van der Waals surface area contributed by atoms with E-state index in [0.717, 1.165) is 6.42 Å². The van der Waals surface area contributed by atoms with Crippen molar-refractivity contribution in [3.8, 4) is 11.4 Å². The lowest BCUT2D eigenvalue weighted by Crippen LogP contribution is -2.30. The summed E-state index contributed by atoms with van der Waals surface area (Å²) in [6, 6.07) is 7.22. The molecule has 0 bridgehead atoms. The average Bonchev–Trinajstić information content (AvgIpc) is 2.95. The number of benzene rings is 1. The molecular weight excluding hydrogens is 318 g/mol. The van der Waals surface area contributed by atoms with Crippen LogP contribution in [0.4, 0.5) is 0 Å². The van der Waals surface area contributed by atoms with Crippen molar-refractivity contribution in [2.45, 2.75) is 32.9 Å². The number of carbonyl (C=O) groups is 1. The van der Waals surface area contributed by atoms with Crippen LogP contribution >= 0.6 is 11.6 Å². The van der Waals surface area contributed by atoms with E-state index in [1.165, 1.54) is 4.80 Å². The van der Waals surface area contributed by atoms with Gasteiger partial charge in [-0.15, -0.1) is 10.2 Å². The molecule has 0 aliphatic carbocycles. The van der Waals surface area contributed by atoms with Crippen LogP contribution in [0.1, 0.15) is 20.3 Å². The van der Waals surface area contributed by atoms with Crippen LogP contribution in [0.25, 0.3) is 11.4 Å². The third kappa shape index (κ3) is 5.61. The molecule has 0 aliphatic rings. The Hall–Kier alpha value is -1.99. The highest BCUT2D eigenvalue weighted by molar-refractivity contribution is 6.33. The van der Waals surface area contributed by atoms with Crippen molar-refractivity contribution >= 4 is 17.5 Å². The van der Waals surface area contributed by atoms with Gasteiger partial charge in [0.15, 0.2) is 0 Å². The van der Waals surface area contributed by atoms with Gasteiger partial charge in [0.2, 0.25) is 11.7 Å². The van der Waals surface area contributed by atoms with Crippen LogP contribution < -0.4 is 5.32 Å². The second-order valence-electron chi connectivity index (χ2n) is 5.25. The number of carbonyl (C=O) groups excluding carboxylic acids is 1. The lowest BCUT2D eigenvalue weighted by atomic mass is 10.2. The number of nitrogens with zero attached hydrogens (tertiary/aromatic N) is 4. The van der Waals surface area contributed by atoms with Gasteiger partial charge in [-0.1, -0.05) is 23.7 Å². The highest BCUT2D eigenvalue weighted by atomic mass is 35.5. The largest absolute Gasteiger partial charge is 0.379 e. The third-order valence-electron chi connectivity index (χ3n) is 2.95.